The second-order valence-electron chi connectivity index (χ2n) is 7.81. The number of aryl methyl sites for hydroxylation is 1. The topological polar surface area (TPSA) is 65.4 Å². The van der Waals surface area contributed by atoms with Crippen LogP contribution in [0.25, 0.3) is 0 Å². The highest BCUT2D eigenvalue weighted by atomic mass is 35.5. The number of nitrogens with one attached hydrogen (secondary N) is 1. The number of carbonyl (C=O) groups excluding carboxylic acids is 1. The Kier molecular flexibility index (Phi) is 7.52. The molecule has 0 spiro atoms. The number of halogens is 1. The highest BCUT2D eigenvalue weighted by molar-refractivity contribution is 7.99. The first kappa shape index (κ1) is 22.9. The SMILES string of the molecule is CC(=O)Nc1ccccc1SC[C@@H]1CO[C@](CCc2ccc(Cl)cc2)(Cn2ccnc2)O1. The van der Waals surface area contributed by atoms with Gasteiger partial charge >= 0.3 is 0 Å². The summed E-state index contributed by atoms with van der Waals surface area (Å²) < 4.78 is 14.8. The Hall–Kier alpha value is -2.32. The number of carbonyl (C=O) groups is 1. The molecule has 2 heterocycles. The number of hydrogen-bond acceptors (Lipinski definition) is 5. The minimum absolute atomic E-state index is 0.0564. The predicted molar refractivity (Wildman–Crippen MR) is 127 cm³/mol. The third-order valence-corrected chi connectivity index (χ3v) is 6.68. The molecule has 1 aliphatic rings. The first-order valence-electron chi connectivity index (χ1n) is 10.5. The van der Waals surface area contributed by atoms with Crippen molar-refractivity contribution >= 4 is 35.0 Å². The summed E-state index contributed by atoms with van der Waals surface area (Å²) in [5.41, 5.74) is 2.00. The Balaban J connectivity index is 1.41. The minimum Gasteiger partial charge on any atom is -0.345 e. The Morgan fingerprint density at radius 3 is 2.84 bits per heavy atom. The maximum absolute atomic E-state index is 11.5. The van der Waals surface area contributed by atoms with Gasteiger partial charge < -0.3 is 19.4 Å². The van der Waals surface area contributed by atoms with Gasteiger partial charge in [-0.2, -0.15) is 0 Å². The quantitative estimate of drug-likeness (QED) is 0.443. The summed E-state index contributed by atoms with van der Waals surface area (Å²) in [7, 11) is 0. The van der Waals surface area contributed by atoms with Crippen LogP contribution in [0.3, 0.4) is 0 Å². The number of hydrogen-bond donors (Lipinski definition) is 1. The minimum atomic E-state index is -0.720. The summed E-state index contributed by atoms with van der Waals surface area (Å²) in [5, 5.41) is 3.61. The van der Waals surface area contributed by atoms with Crippen molar-refractivity contribution in [3.63, 3.8) is 0 Å². The first-order valence-corrected chi connectivity index (χ1v) is 11.9. The normalized spacial score (nSPS) is 20.4. The molecule has 0 bridgehead atoms. The van der Waals surface area contributed by atoms with Gasteiger partial charge in [-0.15, -0.1) is 11.8 Å². The average Bonchev–Trinajstić information content (AvgIpc) is 3.43. The lowest BCUT2D eigenvalue weighted by atomic mass is 10.0. The fraction of sp³-hybridized carbons (Fsp3) is 0.333. The second kappa shape index (κ2) is 10.5. The number of nitrogens with zero attached hydrogens (tertiary/aromatic N) is 2. The number of rotatable bonds is 9. The monoisotopic (exact) mass is 471 g/mol. The lowest BCUT2D eigenvalue weighted by Crippen LogP contribution is -2.37. The number of para-hydroxylation sites is 1. The van der Waals surface area contributed by atoms with E-state index in [1.807, 2.05) is 59.3 Å². The van der Waals surface area contributed by atoms with E-state index in [-0.39, 0.29) is 12.0 Å². The van der Waals surface area contributed by atoms with Crippen molar-refractivity contribution in [3.8, 4) is 0 Å². The molecule has 1 saturated heterocycles. The Morgan fingerprint density at radius 2 is 2.09 bits per heavy atom. The first-order chi connectivity index (χ1) is 15.5. The third-order valence-electron chi connectivity index (χ3n) is 5.23. The van der Waals surface area contributed by atoms with Crippen LogP contribution >= 0.6 is 23.4 Å². The molecular formula is C24H26ClN3O3S. The number of benzene rings is 2. The number of ether oxygens (including phenoxy) is 2. The third kappa shape index (κ3) is 6.13. The van der Waals surface area contributed by atoms with E-state index in [0.29, 0.717) is 13.2 Å². The van der Waals surface area contributed by atoms with Gasteiger partial charge in [0.15, 0.2) is 5.79 Å². The van der Waals surface area contributed by atoms with Crippen LogP contribution in [0.4, 0.5) is 5.69 Å². The van der Waals surface area contributed by atoms with Crippen LogP contribution in [0.15, 0.2) is 72.1 Å². The number of imidazole rings is 1. The largest absolute Gasteiger partial charge is 0.345 e. The standard InChI is InChI=1S/C24H26ClN3O3S/c1-18(29)27-22-4-2-3-5-23(22)32-15-21-14-30-24(31-21,16-28-13-12-26-17-28)11-10-19-6-8-20(25)9-7-19/h2-9,12-13,17,21H,10-11,14-16H2,1H3,(H,27,29)/t21-,24-/m0/s1. The summed E-state index contributed by atoms with van der Waals surface area (Å²) in [5.74, 6) is -0.0774. The zero-order valence-corrected chi connectivity index (χ0v) is 19.4. The number of amides is 1. The van der Waals surface area contributed by atoms with Gasteiger partial charge in [-0.3, -0.25) is 4.79 Å². The molecule has 32 heavy (non-hydrogen) atoms. The summed E-state index contributed by atoms with van der Waals surface area (Å²) in [6.45, 7) is 2.61. The molecule has 1 amide bonds. The molecule has 0 unspecified atom stereocenters. The van der Waals surface area contributed by atoms with Crippen LogP contribution in [0, 0.1) is 0 Å². The maximum atomic E-state index is 11.5. The molecule has 2 aromatic carbocycles. The van der Waals surface area contributed by atoms with Crippen molar-refractivity contribution in [1.82, 2.24) is 9.55 Å². The van der Waals surface area contributed by atoms with E-state index in [0.717, 1.165) is 34.2 Å². The van der Waals surface area contributed by atoms with Crippen molar-refractivity contribution in [3.05, 3.63) is 77.8 Å². The van der Waals surface area contributed by atoms with Crippen LogP contribution < -0.4 is 5.32 Å². The Bertz CT molecular complexity index is 1030. The van der Waals surface area contributed by atoms with Gasteiger partial charge in [-0.1, -0.05) is 35.9 Å². The van der Waals surface area contributed by atoms with Gasteiger partial charge in [0.2, 0.25) is 5.91 Å². The van der Waals surface area contributed by atoms with Crippen LogP contribution in [0.2, 0.25) is 5.02 Å². The smallest absolute Gasteiger partial charge is 0.221 e. The van der Waals surface area contributed by atoms with Gasteiger partial charge in [0.1, 0.15) is 0 Å². The zero-order chi connectivity index (χ0) is 22.4. The highest BCUT2D eigenvalue weighted by Crippen LogP contribution is 2.35. The summed E-state index contributed by atoms with van der Waals surface area (Å²) in [6.07, 6.45) is 6.94. The Morgan fingerprint density at radius 1 is 1.28 bits per heavy atom. The van der Waals surface area contributed by atoms with E-state index in [1.54, 1.807) is 24.3 Å². The predicted octanol–water partition coefficient (Wildman–Crippen LogP) is 5.03. The molecule has 8 heteroatoms. The molecule has 3 aromatic rings. The molecule has 1 N–H and O–H groups in total. The molecule has 2 atom stereocenters. The molecule has 6 nitrogen and oxygen atoms in total. The molecule has 0 radical (unpaired) electrons. The van der Waals surface area contributed by atoms with E-state index in [4.69, 9.17) is 21.1 Å². The summed E-state index contributed by atoms with van der Waals surface area (Å²) in [6, 6.07) is 15.7. The van der Waals surface area contributed by atoms with Gasteiger partial charge in [-0.25, -0.2) is 4.98 Å². The fourth-order valence-electron chi connectivity index (χ4n) is 3.70. The van der Waals surface area contributed by atoms with Crippen LogP contribution in [0.1, 0.15) is 18.9 Å². The van der Waals surface area contributed by atoms with Crippen LogP contribution in [-0.4, -0.2) is 39.7 Å². The lowest BCUT2D eigenvalue weighted by Gasteiger charge is -2.28. The molecule has 0 aliphatic carbocycles. The second-order valence-corrected chi connectivity index (χ2v) is 9.31. The van der Waals surface area contributed by atoms with E-state index in [9.17, 15) is 4.79 Å². The molecular weight excluding hydrogens is 446 g/mol. The maximum Gasteiger partial charge on any atom is 0.221 e. The van der Waals surface area contributed by atoms with E-state index >= 15 is 0 Å². The van der Waals surface area contributed by atoms with Gasteiger partial charge in [0.25, 0.3) is 0 Å². The lowest BCUT2D eigenvalue weighted by molar-refractivity contribution is -0.180. The van der Waals surface area contributed by atoms with Crippen LogP contribution in [-0.2, 0) is 27.2 Å². The van der Waals surface area contributed by atoms with Crippen molar-refractivity contribution < 1.29 is 14.3 Å². The number of anilines is 1. The summed E-state index contributed by atoms with van der Waals surface area (Å²) in [4.78, 5) is 16.7. The van der Waals surface area contributed by atoms with Gasteiger partial charge in [0.05, 0.1) is 31.3 Å². The molecule has 1 fully saturated rings. The molecule has 4 rings (SSSR count). The Labute approximate surface area is 197 Å². The van der Waals surface area contributed by atoms with Gasteiger partial charge in [0, 0.05) is 41.4 Å². The number of thioether (sulfide) groups is 1. The van der Waals surface area contributed by atoms with E-state index in [2.05, 4.69) is 10.3 Å². The molecule has 1 aromatic heterocycles. The van der Waals surface area contributed by atoms with Gasteiger partial charge in [-0.05, 0) is 36.2 Å². The van der Waals surface area contributed by atoms with E-state index in [1.165, 1.54) is 12.5 Å². The summed E-state index contributed by atoms with van der Waals surface area (Å²) >= 11 is 7.68. The van der Waals surface area contributed by atoms with Crippen molar-refractivity contribution in [1.29, 1.82) is 0 Å². The molecule has 1 aliphatic heterocycles. The fourth-order valence-corrected chi connectivity index (χ4v) is 4.81. The van der Waals surface area contributed by atoms with E-state index < -0.39 is 5.79 Å². The average molecular weight is 472 g/mol. The molecule has 168 valence electrons. The van der Waals surface area contributed by atoms with Crippen molar-refractivity contribution in [2.24, 2.45) is 0 Å². The van der Waals surface area contributed by atoms with Crippen molar-refractivity contribution in [2.75, 3.05) is 17.7 Å². The van der Waals surface area contributed by atoms with Crippen molar-refractivity contribution in [2.45, 2.75) is 43.1 Å². The number of aromatic nitrogens is 2. The zero-order valence-electron chi connectivity index (χ0n) is 17.9. The van der Waals surface area contributed by atoms with Crippen LogP contribution in [0.5, 0.6) is 0 Å². The molecule has 0 saturated carbocycles. The highest BCUT2D eigenvalue weighted by Gasteiger charge is 2.41.